The van der Waals surface area contributed by atoms with Gasteiger partial charge < -0.3 is 16.0 Å². The second-order valence-corrected chi connectivity index (χ2v) is 7.29. The summed E-state index contributed by atoms with van der Waals surface area (Å²) in [4.78, 5) is 27.5. The molecule has 1 aromatic rings. The van der Waals surface area contributed by atoms with Crippen LogP contribution in [0, 0.1) is 11.8 Å². The van der Waals surface area contributed by atoms with Gasteiger partial charge in [0.05, 0.1) is 0 Å². The van der Waals surface area contributed by atoms with E-state index < -0.39 is 0 Å². The summed E-state index contributed by atoms with van der Waals surface area (Å²) in [6.45, 7) is 2.11. The van der Waals surface area contributed by atoms with Crippen LogP contribution in [0.2, 0.25) is 0 Å². The largest absolute Gasteiger partial charge is 0.354 e. The Hall–Kier alpha value is -1.59. The zero-order valence-corrected chi connectivity index (χ0v) is 16.0. The summed E-state index contributed by atoms with van der Waals surface area (Å²) in [5.41, 5.74) is 7.19. The van der Waals surface area contributed by atoms with Crippen molar-refractivity contribution in [3.8, 4) is 0 Å². The standard InChI is InChI=1S/C20H29N3O2.ClH/c21-18(15-8-2-1-3-9-15)14-22-19(24)16-10-4-5-11-17(16)20(25)23-12-6-7-13-23;/h1-3,8-9,16-18H,4-7,10-14,21H2,(H,22,24);1H. The molecular formula is C20H30ClN3O2. The molecule has 1 saturated heterocycles. The molecule has 0 bridgehead atoms. The molecule has 2 fully saturated rings. The number of halogens is 1. The fourth-order valence-electron chi connectivity index (χ4n) is 4.07. The van der Waals surface area contributed by atoms with E-state index >= 15 is 0 Å². The maximum atomic E-state index is 12.8. The van der Waals surface area contributed by atoms with Crippen LogP contribution in [0.25, 0.3) is 0 Å². The third-order valence-electron chi connectivity index (χ3n) is 5.56. The molecule has 3 atom stereocenters. The number of nitrogens with zero attached hydrogens (tertiary/aromatic N) is 1. The van der Waals surface area contributed by atoms with Crippen molar-refractivity contribution in [2.75, 3.05) is 19.6 Å². The monoisotopic (exact) mass is 379 g/mol. The van der Waals surface area contributed by atoms with Crippen LogP contribution in [-0.4, -0.2) is 36.3 Å². The molecule has 0 spiro atoms. The normalized spacial score (nSPS) is 23.8. The summed E-state index contributed by atoms with van der Waals surface area (Å²) in [7, 11) is 0. The van der Waals surface area contributed by atoms with E-state index in [-0.39, 0.29) is 42.1 Å². The molecule has 1 aromatic carbocycles. The van der Waals surface area contributed by atoms with Gasteiger partial charge in [0, 0.05) is 37.5 Å². The lowest BCUT2D eigenvalue weighted by Crippen LogP contribution is -2.45. The minimum absolute atomic E-state index is 0. The predicted octanol–water partition coefficient (Wildman–Crippen LogP) is 2.65. The van der Waals surface area contributed by atoms with E-state index in [0.29, 0.717) is 6.54 Å². The van der Waals surface area contributed by atoms with Gasteiger partial charge >= 0.3 is 0 Å². The predicted molar refractivity (Wildman–Crippen MR) is 105 cm³/mol. The van der Waals surface area contributed by atoms with E-state index in [9.17, 15) is 9.59 Å². The third-order valence-corrected chi connectivity index (χ3v) is 5.56. The Bertz CT molecular complexity index is 590. The highest BCUT2D eigenvalue weighted by molar-refractivity contribution is 5.88. The number of nitrogens with two attached hydrogens (primary N) is 1. The molecule has 3 unspecified atom stereocenters. The number of hydrogen-bond acceptors (Lipinski definition) is 3. The Morgan fingerprint density at radius 2 is 1.65 bits per heavy atom. The zero-order chi connectivity index (χ0) is 17.6. The molecular weight excluding hydrogens is 350 g/mol. The molecule has 1 aliphatic heterocycles. The van der Waals surface area contributed by atoms with Gasteiger partial charge in [-0.1, -0.05) is 43.2 Å². The second-order valence-electron chi connectivity index (χ2n) is 7.29. The number of benzene rings is 1. The maximum absolute atomic E-state index is 12.8. The highest BCUT2D eigenvalue weighted by Gasteiger charge is 2.38. The van der Waals surface area contributed by atoms with Gasteiger partial charge in [0.1, 0.15) is 0 Å². The lowest BCUT2D eigenvalue weighted by molar-refractivity contribution is -0.142. The Kier molecular flexibility index (Phi) is 7.91. The van der Waals surface area contributed by atoms with Crippen molar-refractivity contribution in [3.63, 3.8) is 0 Å². The Morgan fingerprint density at radius 1 is 1.04 bits per heavy atom. The number of rotatable bonds is 5. The van der Waals surface area contributed by atoms with Crippen LogP contribution in [0.15, 0.2) is 30.3 Å². The smallest absolute Gasteiger partial charge is 0.226 e. The number of likely N-dealkylation sites (tertiary alicyclic amines) is 1. The molecule has 1 saturated carbocycles. The third kappa shape index (κ3) is 4.98. The summed E-state index contributed by atoms with van der Waals surface area (Å²) < 4.78 is 0. The first-order valence-electron chi connectivity index (χ1n) is 9.54. The van der Waals surface area contributed by atoms with Gasteiger partial charge in [-0.3, -0.25) is 9.59 Å². The van der Waals surface area contributed by atoms with Gasteiger partial charge in [0.2, 0.25) is 11.8 Å². The SMILES string of the molecule is Cl.NC(CNC(=O)C1CCCCC1C(=O)N1CCCC1)c1ccccc1. The first kappa shape index (κ1) is 20.7. The minimum atomic E-state index is -0.221. The zero-order valence-electron chi connectivity index (χ0n) is 15.2. The van der Waals surface area contributed by atoms with Gasteiger partial charge in [-0.25, -0.2) is 0 Å². The highest BCUT2D eigenvalue weighted by Crippen LogP contribution is 2.32. The van der Waals surface area contributed by atoms with Crippen molar-refractivity contribution in [3.05, 3.63) is 35.9 Å². The number of nitrogens with one attached hydrogen (secondary N) is 1. The molecule has 26 heavy (non-hydrogen) atoms. The number of carbonyl (C=O) groups excluding carboxylic acids is 2. The van der Waals surface area contributed by atoms with Gasteiger partial charge in [-0.2, -0.15) is 0 Å². The average Bonchev–Trinajstić information content (AvgIpc) is 3.20. The molecule has 3 N–H and O–H groups in total. The number of carbonyl (C=O) groups is 2. The maximum Gasteiger partial charge on any atom is 0.226 e. The van der Waals surface area contributed by atoms with Crippen LogP contribution in [0.1, 0.15) is 50.1 Å². The molecule has 2 amide bonds. The number of amides is 2. The first-order valence-corrected chi connectivity index (χ1v) is 9.54. The van der Waals surface area contributed by atoms with E-state index in [4.69, 9.17) is 5.73 Å². The first-order chi connectivity index (χ1) is 12.2. The number of hydrogen-bond donors (Lipinski definition) is 2. The van der Waals surface area contributed by atoms with Gasteiger partial charge in [-0.15, -0.1) is 12.4 Å². The fourth-order valence-corrected chi connectivity index (χ4v) is 4.07. The van der Waals surface area contributed by atoms with Crippen LogP contribution in [-0.2, 0) is 9.59 Å². The summed E-state index contributed by atoms with van der Waals surface area (Å²) in [5.74, 6) is -0.182. The molecule has 144 valence electrons. The molecule has 2 aliphatic rings. The molecule has 1 aliphatic carbocycles. The Labute approximate surface area is 162 Å². The Balaban J connectivity index is 0.00000243. The Morgan fingerprint density at radius 3 is 2.31 bits per heavy atom. The van der Waals surface area contributed by atoms with Crippen LogP contribution < -0.4 is 11.1 Å². The van der Waals surface area contributed by atoms with Gasteiger partial charge in [-0.05, 0) is 31.2 Å². The molecule has 0 aromatic heterocycles. The van der Waals surface area contributed by atoms with E-state index in [2.05, 4.69) is 5.32 Å². The van der Waals surface area contributed by atoms with E-state index in [1.165, 1.54) is 0 Å². The van der Waals surface area contributed by atoms with Crippen LogP contribution in [0.3, 0.4) is 0 Å². The molecule has 5 nitrogen and oxygen atoms in total. The summed E-state index contributed by atoms with van der Waals surface area (Å²) >= 11 is 0. The van der Waals surface area contributed by atoms with Crippen molar-refractivity contribution < 1.29 is 9.59 Å². The summed E-state index contributed by atoms with van der Waals surface area (Å²) in [6, 6.07) is 9.56. The lowest BCUT2D eigenvalue weighted by atomic mass is 9.77. The topological polar surface area (TPSA) is 75.4 Å². The van der Waals surface area contributed by atoms with Crippen molar-refractivity contribution >= 4 is 24.2 Å². The van der Waals surface area contributed by atoms with Crippen molar-refractivity contribution in [1.82, 2.24) is 10.2 Å². The molecule has 1 heterocycles. The molecule has 3 rings (SSSR count). The fraction of sp³-hybridized carbons (Fsp3) is 0.600. The van der Waals surface area contributed by atoms with Crippen LogP contribution in [0.4, 0.5) is 0 Å². The van der Waals surface area contributed by atoms with Crippen molar-refractivity contribution in [1.29, 1.82) is 0 Å². The van der Waals surface area contributed by atoms with Crippen molar-refractivity contribution in [2.24, 2.45) is 17.6 Å². The van der Waals surface area contributed by atoms with E-state index in [1.807, 2.05) is 35.2 Å². The molecule has 0 radical (unpaired) electrons. The van der Waals surface area contributed by atoms with Crippen LogP contribution in [0.5, 0.6) is 0 Å². The molecule has 6 heteroatoms. The van der Waals surface area contributed by atoms with Crippen molar-refractivity contribution in [2.45, 2.75) is 44.6 Å². The second kappa shape index (κ2) is 9.93. The highest BCUT2D eigenvalue weighted by atomic mass is 35.5. The van der Waals surface area contributed by atoms with Gasteiger partial charge in [0.25, 0.3) is 0 Å². The minimum Gasteiger partial charge on any atom is -0.354 e. The van der Waals surface area contributed by atoms with E-state index in [1.54, 1.807) is 0 Å². The lowest BCUT2D eigenvalue weighted by Gasteiger charge is -2.32. The van der Waals surface area contributed by atoms with Crippen LogP contribution >= 0.6 is 12.4 Å². The van der Waals surface area contributed by atoms with E-state index in [0.717, 1.165) is 57.2 Å². The average molecular weight is 380 g/mol. The quantitative estimate of drug-likeness (QED) is 0.825. The summed E-state index contributed by atoms with van der Waals surface area (Å²) in [6.07, 6.45) is 5.86. The summed E-state index contributed by atoms with van der Waals surface area (Å²) in [5, 5.41) is 2.99. The van der Waals surface area contributed by atoms with Gasteiger partial charge in [0.15, 0.2) is 0 Å².